The van der Waals surface area contributed by atoms with Crippen molar-refractivity contribution in [3.8, 4) is 34.3 Å². The highest BCUT2D eigenvalue weighted by Gasteiger charge is 2.21. The molecular weight excluding hydrogens is 396 g/mol. The number of rotatable bonds is 10. The van der Waals surface area contributed by atoms with E-state index in [0.717, 1.165) is 0 Å². The number of benzene rings is 2. The van der Waals surface area contributed by atoms with Crippen LogP contribution >= 0.6 is 0 Å². The zero-order valence-electron chi connectivity index (χ0n) is 16.8. The van der Waals surface area contributed by atoms with Gasteiger partial charge in [-0.2, -0.15) is 0 Å². The Kier molecular flexibility index (Phi) is 7.12. The van der Waals surface area contributed by atoms with Gasteiger partial charge in [0.2, 0.25) is 11.2 Å². The average Bonchev–Trinajstić information content (AvgIpc) is 2.75. The molecule has 2 aromatic carbocycles. The van der Waals surface area contributed by atoms with Crippen molar-refractivity contribution in [3.63, 3.8) is 0 Å². The number of aromatic hydroxyl groups is 1. The third-order valence-electron chi connectivity index (χ3n) is 4.03. The summed E-state index contributed by atoms with van der Waals surface area (Å²) in [5.41, 5.74) is 0.150. The molecule has 0 radical (unpaired) electrons. The minimum absolute atomic E-state index is 0.0278. The van der Waals surface area contributed by atoms with Crippen molar-refractivity contribution in [1.29, 1.82) is 0 Å². The summed E-state index contributed by atoms with van der Waals surface area (Å²) in [5.74, 6) is 0.646. The minimum atomic E-state index is -0.543. The van der Waals surface area contributed by atoms with Gasteiger partial charge in [-0.1, -0.05) is 0 Å². The molecule has 9 heteroatoms. The van der Waals surface area contributed by atoms with Crippen molar-refractivity contribution in [2.24, 2.45) is 0 Å². The van der Waals surface area contributed by atoms with Crippen molar-refractivity contribution in [2.75, 3.05) is 41.7 Å². The topological polar surface area (TPSA) is 106 Å². The standard InChI is InChI=1S/C21H22O9/c1-24-10-27-14-6-4-13(5-7-14)20-21(29-12-26-3)19(23)18-16(22)8-15(28-11-25-2)9-17(18)30-20/h4-9,22H,10-12H2,1-3H3. The number of phenols is 1. The highest BCUT2D eigenvalue weighted by atomic mass is 16.7. The zero-order valence-corrected chi connectivity index (χ0v) is 16.8. The van der Waals surface area contributed by atoms with Crippen LogP contribution in [0.1, 0.15) is 0 Å². The molecule has 0 unspecified atom stereocenters. The molecule has 0 aliphatic heterocycles. The molecule has 0 atom stereocenters. The third kappa shape index (κ3) is 4.65. The Morgan fingerprint density at radius 1 is 0.833 bits per heavy atom. The predicted octanol–water partition coefficient (Wildman–Crippen LogP) is 3.11. The first-order valence-corrected chi connectivity index (χ1v) is 8.88. The largest absolute Gasteiger partial charge is 0.507 e. The second-order valence-electron chi connectivity index (χ2n) is 6.08. The molecule has 0 fully saturated rings. The molecular formula is C21H22O9. The fraction of sp³-hybridized carbons (Fsp3) is 0.286. The van der Waals surface area contributed by atoms with Gasteiger partial charge in [0.15, 0.2) is 26.1 Å². The number of hydrogen-bond acceptors (Lipinski definition) is 9. The van der Waals surface area contributed by atoms with Crippen LogP contribution in [0.2, 0.25) is 0 Å². The molecule has 1 heterocycles. The van der Waals surface area contributed by atoms with Crippen LogP contribution in [0.5, 0.6) is 23.0 Å². The fourth-order valence-electron chi connectivity index (χ4n) is 2.74. The molecule has 3 rings (SSSR count). The lowest BCUT2D eigenvalue weighted by molar-refractivity contribution is 0.0494. The maximum atomic E-state index is 13.1. The van der Waals surface area contributed by atoms with E-state index in [1.54, 1.807) is 24.3 Å². The van der Waals surface area contributed by atoms with Gasteiger partial charge in [0, 0.05) is 39.0 Å². The second kappa shape index (κ2) is 9.97. The lowest BCUT2D eigenvalue weighted by Crippen LogP contribution is -2.12. The van der Waals surface area contributed by atoms with E-state index < -0.39 is 5.43 Å². The number of methoxy groups -OCH3 is 3. The predicted molar refractivity (Wildman–Crippen MR) is 107 cm³/mol. The van der Waals surface area contributed by atoms with E-state index in [0.29, 0.717) is 11.3 Å². The molecule has 0 aliphatic carbocycles. The van der Waals surface area contributed by atoms with Gasteiger partial charge in [-0.3, -0.25) is 4.79 Å². The van der Waals surface area contributed by atoms with Crippen molar-refractivity contribution in [3.05, 3.63) is 46.6 Å². The molecule has 3 aromatic rings. The normalized spacial score (nSPS) is 10.9. The Hall–Kier alpha value is -3.27. The van der Waals surface area contributed by atoms with Crippen LogP contribution < -0.4 is 19.6 Å². The Morgan fingerprint density at radius 3 is 2.07 bits per heavy atom. The maximum Gasteiger partial charge on any atom is 0.239 e. The summed E-state index contributed by atoms with van der Waals surface area (Å²) >= 11 is 0. The van der Waals surface area contributed by atoms with Crippen molar-refractivity contribution < 1.29 is 37.9 Å². The Balaban J connectivity index is 2.13. The van der Waals surface area contributed by atoms with Crippen LogP contribution in [0.3, 0.4) is 0 Å². The number of hydrogen-bond donors (Lipinski definition) is 1. The van der Waals surface area contributed by atoms with Gasteiger partial charge < -0.3 is 37.9 Å². The third-order valence-corrected chi connectivity index (χ3v) is 4.03. The first-order chi connectivity index (χ1) is 14.6. The van der Waals surface area contributed by atoms with E-state index in [9.17, 15) is 9.90 Å². The van der Waals surface area contributed by atoms with E-state index in [1.807, 2.05) is 0 Å². The fourth-order valence-corrected chi connectivity index (χ4v) is 2.74. The van der Waals surface area contributed by atoms with E-state index >= 15 is 0 Å². The number of fused-ring (bicyclic) bond motifs is 1. The van der Waals surface area contributed by atoms with Gasteiger partial charge in [-0.15, -0.1) is 0 Å². The summed E-state index contributed by atoms with van der Waals surface area (Å²) in [7, 11) is 4.43. The van der Waals surface area contributed by atoms with Gasteiger partial charge in [0.1, 0.15) is 28.2 Å². The average molecular weight is 418 g/mol. The van der Waals surface area contributed by atoms with Gasteiger partial charge in [0.05, 0.1) is 0 Å². The molecule has 0 saturated carbocycles. The molecule has 1 N–H and O–H groups in total. The lowest BCUT2D eigenvalue weighted by atomic mass is 10.1. The summed E-state index contributed by atoms with van der Waals surface area (Å²) in [6, 6.07) is 9.62. The van der Waals surface area contributed by atoms with E-state index in [1.165, 1.54) is 33.5 Å². The first kappa shape index (κ1) is 21.4. The summed E-state index contributed by atoms with van der Waals surface area (Å²) in [5, 5.41) is 10.3. The molecule has 0 amide bonds. The van der Waals surface area contributed by atoms with Crippen LogP contribution in [-0.4, -0.2) is 46.8 Å². The van der Waals surface area contributed by atoms with Crippen LogP contribution in [0.4, 0.5) is 0 Å². The van der Waals surface area contributed by atoms with Crippen molar-refractivity contribution >= 4 is 11.0 Å². The highest BCUT2D eigenvalue weighted by Crippen LogP contribution is 2.36. The zero-order chi connectivity index (χ0) is 21.5. The molecule has 0 saturated heterocycles. The van der Waals surface area contributed by atoms with Crippen LogP contribution in [0.15, 0.2) is 45.6 Å². The SMILES string of the molecule is COCOc1ccc(-c2oc3cc(OCOC)cc(O)c3c(=O)c2OCOC)cc1. The Labute approximate surface area is 172 Å². The van der Waals surface area contributed by atoms with E-state index in [4.69, 9.17) is 32.8 Å². The minimum Gasteiger partial charge on any atom is -0.507 e. The number of ether oxygens (including phenoxy) is 6. The summed E-state index contributed by atoms with van der Waals surface area (Å²) in [6.45, 7) is -0.0930. The Morgan fingerprint density at radius 2 is 1.43 bits per heavy atom. The quantitative estimate of drug-likeness (QED) is 0.497. The van der Waals surface area contributed by atoms with Crippen LogP contribution in [0.25, 0.3) is 22.3 Å². The summed E-state index contributed by atoms with van der Waals surface area (Å²) in [6.07, 6.45) is 0. The Bertz CT molecular complexity index is 1040. The van der Waals surface area contributed by atoms with Crippen molar-refractivity contribution in [1.82, 2.24) is 0 Å². The van der Waals surface area contributed by atoms with E-state index in [-0.39, 0.29) is 54.4 Å². The first-order valence-electron chi connectivity index (χ1n) is 8.88. The summed E-state index contributed by atoms with van der Waals surface area (Å²) in [4.78, 5) is 13.1. The molecule has 9 nitrogen and oxygen atoms in total. The smallest absolute Gasteiger partial charge is 0.239 e. The molecule has 30 heavy (non-hydrogen) atoms. The van der Waals surface area contributed by atoms with Crippen LogP contribution in [0, 0.1) is 0 Å². The monoisotopic (exact) mass is 418 g/mol. The summed E-state index contributed by atoms with van der Waals surface area (Å²) < 4.78 is 36.8. The van der Waals surface area contributed by atoms with Gasteiger partial charge in [-0.25, -0.2) is 0 Å². The van der Waals surface area contributed by atoms with Crippen molar-refractivity contribution in [2.45, 2.75) is 0 Å². The highest BCUT2D eigenvalue weighted by molar-refractivity contribution is 5.88. The molecule has 1 aromatic heterocycles. The van der Waals surface area contributed by atoms with Gasteiger partial charge >= 0.3 is 0 Å². The molecule has 0 bridgehead atoms. The molecule has 160 valence electrons. The molecule has 0 aliphatic rings. The van der Waals surface area contributed by atoms with Gasteiger partial charge in [0.25, 0.3) is 0 Å². The number of phenolic OH excluding ortho intramolecular Hbond substituents is 1. The van der Waals surface area contributed by atoms with Gasteiger partial charge in [-0.05, 0) is 24.3 Å². The second-order valence-corrected chi connectivity index (χ2v) is 6.08. The van der Waals surface area contributed by atoms with Crippen LogP contribution in [-0.2, 0) is 14.2 Å². The maximum absolute atomic E-state index is 13.1. The van der Waals surface area contributed by atoms with E-state index in [2.05, 4.69) is 0 Å². The lowest BCUT2D eigenvalue weighted by Gasteiger charge is -2.13. The molecule has 0 spiro atoms.